The van der Waals surface area contributed by atoms with Crippen molar-refractivity contribution in [2.24, 2.45) is 0 Å². The summed E-state index contributed by atoms with van der Waals surface area (Å²) in [6.45, 7) is 0. The van der Waals surface area contributed by atoms with E-state index in [0.717, 1.165) is 4.90 Å². The van der Waals surface area contributed by atoms with Crippen molar-refractivity contribution in [2.75, 3.05) is 11.1 Å². The van der Waals surface area contributed by atoms with Crippen molar-refractivity contribution in [2.45, 2.75) is 4.90 Å². The Kier molecular flexibility index (Phi) is 7.03. The van der Waals surface area contributed by atoms with Gasteiger partial charge in [-0.25, -0.2) is 0 Å². The second-order valence-corrected chi connectivity index (χ2v) is 8.10. The van der Waals surface area contributed by atoms with Gasteiger partial charge in [-0.05, 0) is 48.5 Å². The molecular formula is C21H14Cl3NO2S. The molecule has 0 saturated carbocycles. The molecule has 3 nitrogen and oxygen atoms in total. The lowest BCUT2D eigenvalue weighted by Gasteiger charge is -2.09. The third kappa shape index (κ3) is 5.30. The molecule has 0 atom stereocenters. The Balaban J connectivity index is 1.66. The molecule has 0 spiro atoms. The molecule has 1 N–H and O–H groups in total. The minimum Gasteiger partial charge on any atom is -0.322 e. The number of carbonyl (C=O) groups is 2. The van der Waals surface area contributed by atoms with Gasteiger partial charge in [-0.15, -0.1) is 11.8 Å². The molecule has 3 aromatic rings. The minimum atomic E-state index is -0.337. The van der Waals surface area contributed by atoms with Gasteiger partial charge >= 0.3 is 0 Å². The topological polar surface area (TPSA) is 46.2 Å². The van der Waals surface area contributed by atoms with Crippen LogP contribution < -0.4 is 5.32 Å². The van der Waals surface area contributed by atoms with Gasteiger partial charge in [0.2, 0.25) is 0 Å². The Labute approximate surface area is 182 Å². The zero-order chi connectivity index (χ0) is 20.1. The van der Waals surface area contributed by atoms with Crippen LogP contribution in [0.3, 0.4) is 0 Å². The number of benzene rings is 3. The van der Waals surface area contributed by atoms with Crippen LogP contribution in [-0.4, -0.2) is 17.4 Å². The van der Waals surface area contributed by atoms with E-state index in [2.05, 4.69) is 5.32 Å². The van der Waals surface area contributed by atoms with Gasteiger partial charge in [0, 0.05) is 21.2 Å². The number of anilines is 1. The van der Waals surface area contributed by atoms with Gasteiger partial charge in [-0.1, -0.05) is 53.0 Å². The molecule has 0 heterocycles. The van der Waals surface area contributed by atoms with Crippen LogP contribution in [0.25, 0.3) is 0 Å². The average Bonchev–Trinajstić information content (AvgIpc) is 2.66. The minimum absolute atomic E-state index is 0.0574. The number of hydrogen-bond acceptors (Lipinski definition) is 3. The van der Waals surface area contributed by atoms with E-state index in [1.165, 1.54) is 17.8 Å². The zero-order valence-electron chi connectivity index (χ0n) is 14.4. The number of hydrogen-bond donors (Lipinski definition) is 1. The van der Waals surface area contributed by atoms with E-state index in [1.807, 2.05) is 6.07 Å². The molecule has 7 heteroatoms. The van der Waals surface area contributed by atoms with Crippen LogP contribution in [0.4, 0.5) is 5.69 Å². The lowest BCUT2D eigenvalue weighted by molar-refractivity contribution is 0.101. The fourth-order valence-corrected chi connectivity index (χ4v) is 4.02. The van der Waals surface area contributed by atoms with Crippen LogP contribution >= 0.6 is 46.6 Å². The van der Waals surface area contributed by atoms with E-state index in [9.17, 15) is 9.59 Å². The normalized spacial score (nSPS) is 10.5. The fourth-order valence-electron chi connectivity index (χ4n) is 2.45. The Morgan fingerprint density at radius 3 is 2.36 bits per heavy atom. The Hall–Kier alpha value is -1.98. The van der Waals surface area contributed by atoms with E-state index in [-0.39, 0.29) is 22.5 Å². The van der Waals surface area contributed by atoms with Gasteiger partial charge in [0.25, 0.3) is 5.91 Å². The molecule has 0 radical (unpaired) electrons. The molecule has 0 aliphatic rings. The monoisotopic (exact) mass is 449 g/mol. The quantitative estimate of drug-likeness (QED) is 0.329. The van der Waals surface area contributed by atoms with Crippen molar-refractivity contribution in [3.05, 3.63) is 92.9 Å². The maximum Gasteiger partial charge on any atom is 0.257 e. The highest BCUT2D eigenvalue weighted by Crippen LogP contribution is 2.26. The third-order valence-corrected chi connectivity index (χ3v) is 5.68. The first kappa shape index (κ1) is 20.7. The van der Waals surface area contributed by atoms with Crippen molar-refractivity contribution in [3.63, 3.8) is 0 Å². The molecule has 0 saturated heterocycles. The molecule has 0 aliphatic carbocycles. The van der Waals surface area contributed by atoms with E-state index >= 15 is 0 Å². The summed E-state index contributed by atoms with van der Waals surface area (Å²) in [6, 6.07) is 18.9. The molecule has 0 unspecified atom stereocenters. The smallest absolute Gasteiger partial charge is 0.257 e. The van der Waals surface area contributed by atoms with Gasteiger partial charge in [-0.3, -0.25) is 9.59 Å². The van der Waals surface area contributed by atoms with Gasteiger partial charge in [0.15, 0.2) is 5.78 Å². The van der Waals surface area contributed by atoms with Crippen LogP contribution in [0.15, 0.2) is 71.6 Å². The first-order valence-electron chi connectivity index (χ1n) is 8.21. The molecule has 142 valence electrons. The molecule has 1 amide bonds. The number of Topliss-reactive ketones (excluding diaryl/α,β-unsaturated/α-hetero) is 1. The highest BCUT2D eigenvalue weighted by molar-refractivity contribution is 8.00. The highest BCUT2D eigenvalue weighted by atomic mass is 35.5. The predicted octanol–water partition coefficient (Wildman–Crippen LogP) is 6.87. The van der Waals surface area contributed by atoms with Gasteiger partial charge in [-0.2, -0.15) is 0 Å². The molecule has 3 aromatic carbocycles. The van der Waals surface area contributed by atoms with E-state index in [0.29, 0.717) is 26.9 Å². The van der Waals surface area contributed by atoms with Crippen LogP contribution in [0, 0.1) is 0 Å². The second kappa shape index (κ2) is 9.48. The molecule has 0 aliphatic heterocycles. The van der Waals surface area contributed by atoms with E-state index < -0.39 is 0 Å². The number of rotatable bonds is 6. The number of halogens is 3. The molecule has 0 bridgehead atoms. The summed E-state index contributed by atoms with van der Waals surface area (Å²) in [5.41, 5.74) is 1.43. The van der Waals surface area contributed by atoms with Gasteiger partial charge in [0.1, 0.15) is 0 Å². The SMILES string of the molecule is O=C(CSc1cccc(NC(=O)c2ccc(Cl)cc2Cl)c1)c1ccccc1Cl. The Bertz CT molecular complexity index is 1040. The molecular weight excluding hydrogens is 437 g/mol. The molecule has 3 rings (SSSR count). The molecule has 28 heavy (non-hydrogen) atoms. The van der Waals surface area contributed by atoms with Crippen LogP contribution in [-0.2, 0) is 0 Å². The summed E-state index contributed by atoms with van der Waals surface area (Å²) in [4.78, 5) is 25.6. The summed E-state index contributed by atoms with van der Waals surface area (Å²) in [5.74, 6) is -0.154. The fraction of sp³-hybridized carbons (Fsp3) is 0.0476. The number of ketones is 1. The summed E-state index contributed by atoms with van der Waals surface area (Å²) < 4.78 is 0. The van der Waals surface area contributed by atoms with Crippen LogP contribution in [0.1, 0.15) is 20.7 Å². The largest absolute Gasteiger partial charge is 0.322 e. The standard InChI is InChI=1S/C21H14Cl3NO2S/c22-13-8-9-17(19(24)10-13)21(27)25-14-4-3-5-15(11-14)28-12-20(26)16-6-1-2-7-18(16)23/h1-11H,12H2,(H,25,27). The zero-order valence-corrected chi connectivity index (χ0v) is 17.5. The predicted molar refractivity (Wildman–Crippen MR) is 117 cm³/mol. The van der Waals surface area contributed by atoms with Gasteiger partial charge in [0.05, 0.1) is 21.4 Å². The summed E-state index contributed by atoms with van der Waals surface area (Å²) in [6.07, 6.45) is 0. The van der Waals surface area contributed by atoms with Crippen LogP contribution in [0.2, 0.25) is 15.1 Å². The van der Waals surface area contributed by atoms with E-state index in [1.54, 1.807) is 54.6 Å². The van der Waals surface area contributed by atoms with Gasteiger partial charge < -0.3 is 5.32 Å². The van der Waals surface area contributed by atoms with Crippen LogP contribution in [0.5, 0.6) is 0 Å². The Morgan fingerprint density at radius 1 is 0.821 bits per heavy atom. The van der Waals surface area contributed by atoms with Crippen molar-refractivity contribution >= 4 is 63.9 Å². The summed E-state index contributed by atoms with van der Waals surface area (Å²) in [5, 5.41) is 3.98. The first-order chi connectivity index (χ1) is 13.4. The average molecular weight is 451 g/mol. The van der Waals surface area contributed by atoms with Crippen molar-refractivity contribution in [1.82, 2.24) is 0 Å². The second-order valence-electron chi connectivity index (χ2n) is 5.80. The number of carbonyl (C=O) groups excluding carboxylic acids is 2. The molecule has 0 aromatic heterocycles. The van der Waals surface area contributed by atoms with Crippen molar-refractivity contribution in [3.8, 4) is 0 Å². The number of nitrogens with one attached hydrogen (secondary N) is 1. The van der Waals surface area contributed by atoms with E-state index in [4.69, 9.17) is 34.8 Å². The Morgan fingerprint density at radius 2 is 1.61 bits per heavy atom. The lowest BCUT2D eigenvalue weighted by atomic mass is 10.1. The third-order valence-electron chi connectivity index (χ3n) is 3.81. The maximum atomic E-state index is 12.4. The lowest BCUT2D eigenvalue weighted by Crippen LogP contribution is -2.12. The van der Waals surface area contributed by atoms with Crippen molar-refractivity contribution in [1.29, 1.82) is 0 Å². The maximum absolute atomic E-state index is 12.4. The number of amides is 1. The summed E-state index contributed by atoms with van der Waals surface area (Å²) in [7, 11) is 0. The number of thioether (sulfide) groups is 1. The summed E-state index contributed by atoms with van der Waals surface area (Å²) >= 11 is 19.4. The van der Waals surface area contributed by atoms with Crippen molar-refractivity contribution < 1.29 is 9.59 Å². The molecule has 0 fully saturated rings. The highest BCUT2D eigenvalue weighted by Gasteiger charge is 2.13. The first-order valence-corrected chi connectivity index (χ1v) is 10.3.